The normalized spacial score (nSPS) is 18.7. The molecule has 5 nitrogen and oxygen atoms in total. The maximum Gasteiger partial charge on any atom is 0.253 e. The zero-order valence-electron chi connectivity index (χ0n) is 17.8. The lowest BCUT2D eigenvalue weighted by Crippen LogP contribution is -2.35. The zero-order chi connectivity index (χ0) is 21.5. The Balaban J connectivity index is 1.32. The number of nitrogens with zero attached hydrogens (tertiary/aromatic N) is 1. The Kier molecular flexibility index (Phi) is 7.65. The Morgan fingerprint density at radius 3 is 2.52 bits per heavy atom. The third kappa shape index (κ3) is 5.89. The van der Waals surface area contributed by atoms with Crippen molar-refractivity contribution in [2.45, 2.75) is 49.6 Å². The summed E-state index contributed by atoms with van der Waals surface area (Å²) in [7, 11) is 0. The largest absolute Gasteiger partial charge is 0.377 e. The van der Waals surface area contributed by atoms with Crippen molar-refractivity contribution >= 4 is 23.6 Å². The van der Waals surface area contributed by atoms with Crippen LogP contribution in [0.2, 0.25) is 0 Å². The van der Waals surface area contributed by atoms with Crippen LogP contribution in [-0.2, 0) is 11.3 Å². The highest BCUT2D eigenvalue weighted by Gasteiger charge is 2.19. The quantitative estimate of drug-likeness (QED) is 0.646. The van der Waals surface area contributed by atoms with E-state index in [0.717, 1.165) is 61.6 Å². The fraction of sp³-hybridized carbons (Fsp3) is 0.440. The maximum absolute atomic E-state index is 12.8. The van der Waals surface area contributed by atoms with Gasteiger partial charge in [0, 0.05) is 42.5 Å². The predicted molar refractivity (Wildman–Crippen MR) is 124 cm³/mol. The second-order valence-corrected chi connectivity index (χ2v) is 9.24. The zero-order valence-corrected chi connectivity index (χ0v) is 18.7. The molecule has 1 unspecified atom stereocenters. The highest BCUT2D eigenvalue weighted by Crippen LogP contribution is 2.27. The predicted octanol–water partition coefficient (Wildman–Crippen LogP) is 4.51. The van der Waals surface area contributed by atoms with E-state index in [4.69, 9.17) is 4.74 Å². The third-order valence-corrected chi connectivity index (χ3v) is 7.08. The average Bonchev–Trinajstić information content (AvgIpc) is 3.35. The van der Waals surface area contributed by atoms with Gasteiger partial charge in [-0.15, -0.1) is 11.8 Å². The fourth-order valence-electron chi connectivity index (χ4n) is 4.06. The Morgan fingerprint density at radius 2 is 1.77 bits per heavy atom. The van der Waals surface area contributed by atoms with Crippen molar-refractivity contribution in [1.29, 1.82) is 0 Å². The number of carbonyl (C=O) groups is 2. The van der Waals surface area contributed by atoms with Gasteiger partial charge in [0.05, 0.1) is 11.7 Å². The number of likely N-dealkylation sites (tertiary alicyclic amines) is 1. The van der Waals surface area contributed by atoms with Crippen LogP contribution in [0.3, 0.4) is 0 Å². The average molecular weight is 439 g/mol. The van der Waals surface area contributed by atoms with Gasteiger partial charge in [-0.25, -0.2) is 0 Å². The number of benzene rings is 2. The van der Waals surface area contributed by atoms with E-state index in [1.54, 1.807) is 11.8 Å². The van der Waals surface area contributed by atoms with Crippen molar-refractivity contribution in [3.8, 4) is 0 Å². The Labute approximate surface area is 188 Å². The van der Waals surface area contributed by atoms with Gasteiger partial charge in [-0.2, -0.15) is 0 Å². The molecule has 4 rings (SSSR count). The summed E-state index contributed by atoms with van der Waals surface area (Å²) in [4.78, 5) is 28.3. The van der Waals surface area contributed by atoms with Gasteiger partial charge >= 0.3 is 0 Å². The van der Waals surface area contributed by atoms with Crippen LogP contribution < -0.4 is 5.32 Å². The van der Waals surface area contributed by atoms with Crippen LogP contribution in [0.4, 0.5) is 0 Å². The summed E-state index contributed by atoms with van der Waals surface area (Å²) in [5.74, 6) is 0.896. The number of amides is 2. The monoisotopic (exact) mass is 438 g/mol. The van der Waals surface area contributed by atoms with E-state index in [0.29, 0.717) is 17.7 Å². The number of hydrogen-bond donors (Lipinski definition) is 1. The second-order valence-electron chi connectivity index (χ2n) is 8.17. The van der Waals surface area contributed by atoms with Crippen LogP contribution in [0.5, 0.6) is 0 Å². The standard InChI is InChI=1S/C25H30N2O3S/c28-24(22-8-2-3-9-23(22)31-18-21-7-6-16-30-21)26-17-19-10-12-20(13-11-19)25(29)27-14-4-1-5-15-27/h2-3,8-13,21H,1,4-7,14-18H2,(H,26,28). The van der Waals surface area contributed by atoms with Gasteiger partial charge < -0.3 is 15.0 Å². The highest BCUT2D eigenvalue weighted by molar-refractivity contribution is 7.99. The van der Waals surface area contributed by atoms with Gasteiger partial charge in [0.1, 0.15) is 0 Å². The molecule has 2 aliphatic rings. The molecule has 1 atom stereocenters. The maximum atomic E-state index is 12.8. The minimum absolute atomic E-state index is 0.0797. The minimum Gasteiger partial charge on any atom is -0.377 e. The molecule has 0 radical (unpaired) electrons. The van der Waals surface area contributed by atoms with E-state index in [9.17, 15) is 9.59 Å². The number of ether oxygens (including phenoxy) is 1. The number of piperidine rings is 1. The summed E-state index contributed by atoms with van der Waals surface area (Å²) in [6, 6.07) is 15.3. The molecule has 164 valence electrons. The van der Waals surface area contributed by atoms with Crippen molar-refractivity contribution in [2.24, 2.45) is 0 Å². The summed E-state index contributed by atoms with van der Waals surface area (Å²) < 4.78 is 5.70. The number of thioether (sulfide) groups is 1. The number of carbonyl (C=O) groups excluding carboxylic acids is 2. The molecule has 0 spiro atoms. The van der Waals surface area contributed by atoms with Gasteiger partial charge in [0.2, 0.25) is 0 Å². The van der Waals surface area contributed by atoms with Crippen molar-refractivity contribution in [3.63, 3.8) is 0 Å². The SMILES string of the molecule is O=C(NCc1ccc(C(=O)N2CCCCC2)cc1)c1ccccc1SCC1CCCO1. The molecular formula is C25H30N2O3S. The molecule has 6 heteroatoms. The van der Waals surface area contributed by atoms with Crippen LogP contribution >= 0.6 is 11.8 Å². The molecule has 0 aromatic heterocycles. The first-order valence-corrected chi connectivity index (χ1v) is 12.2. The van der Waals surface area contributed by atoms with Crippen LogP contribution in [-0.4, -0.2) is 48.3 Å². The molecule has 1 N–H and O–H groups in total. The van der Waals surface area contributed by atoms with E-state index >= 15 is 0 Å². The van der Waals surface area contributed by atoms with E-state index in [1.165, 1.54) is 6.42 Å². The Morgan fingerprint density at radius 1 is 1.00 bits per heavy atom. The lowest BCUT2D eigenvalue weighted by atomic mass is 10.1. The lowest BCUT2D eigenvalue weighted by Gasteiger charge is -2.26. The first kappa shape index (κ1) is 21.9. The minimum atomic E-state index is -0.0797. The summed E-state index contributed by atoms with van der Waals surface area (Å²) >= 11 is 1.68. The van der Waals surface area contributed by atoms with E-state index in [-0.39, 0.29) is 17.9 Å². The molecule has 2 fully saturated rings. The van der Waals surface area contributed by atoms with Gasteiger partial charge in [-0.05, 0) is 61.9 Å². The summed E-state index contributed by atoms with van der Waals surface area (Å²) in [5, 5.41) is 3.02. The molecule has 0 aliphatic carbocycles. The van der Waals surface area contributed by atoms with Crippen LogP contribution in [0.1, 0.15) is 58.4 Å². The van der Waals surface area contributed by atoms with Crippen molar-refractivity contribution in [3.05, 3.63) is 65.2 Å². The van der Waals surface area contributed by atoms with Crippen molar-refractivity contribution in [2.75, 3.05) is 25.4 Å². The van der Waals surface area contributed by atoms with E-state index in [1.807, 2.05) is 53.4 Å². The Hall–Kier alpha value is -2.31. The molecule has 2 amide bonds. The van der Waals surface area contributed by atoms with Gasteiger partial charge in [-0.1, -0.05) is 24.3 Å². The smallest absolute Gasteiger partial charge is 0.253 e. The molecular weight excluding hydrogens is 408 g/mol. The van der Waals surface area contributed by atoms with Gasteiger partial charge in [0.15, 0.2) is 0 Å². The molecule has 2 saturated heterocycles. The molecule has 2 aromatic rings. The molecule has 0 bridgehead atoms. The topological polar surface area (TPSA) is 58.6 Å². The van der Waals surface area contributed by atoms with Crippen LogP contribution in [0.25, 0.3) is 0 Å². The van der Waals surface area contributed by atoms with E-state index < -0.39 is 0 Å². The second kappa shape index (κ2) is 10.8. The van der Waals surface area contributed by atoms with E-state index in [2.05, 4.69) is 5.32 Å². The number of rotatable bonds is 7. The molecule has 2 aliphatic heterocycles. The summed E-state index contributed by atoms with van der Waals surface area (Å²) in [6.07, 6.45) is 5.88. The fourth-order valence-corrected chi connectivity index (χ4v) is 5.18. The van der Waals surface area contributed by atoms with Gasteiger partial charge in [-0.3, -0.25) is 9.59 Å². The van der Waals surface area contributed by atoms with Crippen LogP contribution in [0.15, 0.2) is 53.4 Å². The van der Waals surface area contributed by atoms with Crippen molar-refractivity contribution < 1.29 is 14.3 Å². The highest BCUT2D eigenvalue weighted by atomic mass is 32.2. The van der Waals surface area contributed by atoms with Gasteiger partial charge in [0.25, 0.3) is 11.8 Å². The molecule has 2 heterocycles. The first-order chi connectivity index (χ1) is 15.2. The third-order valence-electron chi connectivity index (χ3n) is 5.88. The van der Waals surface area contributed by atoms with Crippen LogP contribution in [0, 0.1) is 0 Å². The lowest BCUT2D eigenvalue weighted by molar-refractivity contribution is 0.0724. The molecule has 31 heavy (non-hydrogen) atoms. The Bertz CT molecular complexity index is 888. The molecule has 2 aromatic carbocycles. The first-order valence-electron chi connectivity index (χ1n) is 11.2. The molecule has 0 saturated carbocycles. The summed E-state index contributed by atoms with van der Waals surface area (Å²) in [5.41, 5.74) is 2.39. The number of nitrogens with one attached hydrogen (secondary N) is 1. The summed E-state index contributed by atoms with van der Waals surface area (Å²) in [6.45, 7) is 2.97. The van der Waals surface area contributed by atoms with Crippen molar-refractivity contribution in [1.82, 2.24) is 10.2 Å². The number of hydrogen-bond acceptors (Lipinski definition) is 4.